The first-order chi connectivity index (χ1) is 16.0. The number of hydrogen-bond donors (Lipinski definition) is 0. The Morgan fingerprint density at radius 2 is 1.64 bits per heavy atom. The quantitative estimate of drug-likeness (QED) is 0.271. The minimum Gasteiger partial charge on any atom is -0.342 e. The van der Waals surface area contributed by atoms with Crippen LogP contribution in [0.5, 0.6) is 0 Å². The van der Waals surface area contributed by atoms with Crippen LogP contribution in [0.1, 0.15) is 16.7 Å². The van der Waals surface area contributed by atoms with Crippen molar-refractivity contribution in [3.63, 3.8) is 0 Å². The number of carbonyl (C=O) groups is 2. The largest absolute Gasteiger partial charge is 0.342 e. The Balaban J connectivity index is 1.46. The van der Waals surface area contributed by atoms with Crippen LogP contribution >= 0.6 is 27.7 Å². The second kappa shape index (κ2) is 9.00. The molecule has 2 amide bonds. The maximum absolute atomic E-state index is 14.2. The predicted octanol–water partition coefficient (Wildman–Crippen LogP) is 6.83. The predicted molar refractivity (Wildman–Crippen MR) is 133 cm³/mol. The first-order valence-corrected chi connectivity index (χ1v) is 11.9. The molecule has 164 valence electrons. The lowest BCUT2D eigenvalue weighted by atomic mass is 10.1. The molecule has 1 aromatic heterocycles. The van der Waals surface area contributed by atoms with Crippen molar-refractivity contribution in [3.8, 4) is 0 Å². The Morgan fingerprint density at radius 1 is 0.909 bits per heavy atom. The van der Waals surface area contributed by atoms with Crippen LogP contribution in [0, 0.1) is 5.82 Å². The first-order valence-electron chi connectivity index (χ1n) is 10.3. The Bertz CT molecular complexity index is 1410. The number of imide groups is 1. The summed E-state index contributed by atoms with van der Waals surface area (Å²) < 4.78 is 17.1. The number of rotatable bonds is 5. The van der Waals surface area contributed by atoms with E-state index in [0.29, 0.717) is 17.0 Å². The van der Waals surface area contributed by atoms with Gasteiger partial charge >= 0.3 is 0 Å². The highest BCUT2D eigenvalue weighted by Crippen LogP contribution is 2.35. The summed E-state index contributed by atoms with van der Waals surface area (Å²) in [5.74, 6) is -0.565. The third-order valence-electron chi connectivity index (χ3n) is 5.53. The number of carbonyl (C=O) groups excluding carboxylic acids is 2. The fourth-order valence-corrected chi connectivity index (χ4v) is 4.97. The fourth-order valence-electron chi connectivity index (χ4n) is 3.88. The van der Waals surface area contributed by atoms with Crippen LogP contribution < -0.4 is 0 Å². The number of nitrogens with zero attached hydrogens (tertiary/aromatic N) is 2. The van der Waals surface area contributed by atoms with Gasteiger partial charge < -0.3 is 4.57 Å². The standard InChI is InChI=1S/C26H18BrFN2O2S/c27-20-11-9-17(10-12-20)14-30-25(31)24(33-26(30)32)13-19-16-29(23-8-4-2-6-21(19)23)15-18-5-1-3-7-22(18)28/h1-13,16H,14-15H2/b24-13+. The molecule has 4 aromatic rings. The zero-order chi connectivity index (χ0) is 22.9. The second-order valence-electron chi connectivity index (χ2n) is 7.72. The van der Waals surface area contributed by atoms with Crippen molar-refractivity contribution in [1.29, 1.82) is 0 Å². The van der Waals surface area contributed by atoms with Gasteiger partial charge in [-0.3, -0.25) is 14.5 Å². The third-order valence-corrected chi connectivity index (χ3v) is 6.97. The van der Waals surface area contributed by atoms with Gasteiger partial charge in [-0.15, -0.1) is 0 Å². The molecule has 0 unspecified atom stereocenters. The first kappa shape index (κ1) is 21.7. The van der Waals surface area contributed by atoms with Gasteiger partial charge in [-0.1, -0.05) is 64.5 Å². The summed E-state index contributed by atoms with van der Waals surface area (Å²) in [5, 5.41) is 0.651. The minimum atomic E-state index is -0.307. The lowest BCUT2D eigenvalue weighted by Gasteiger charge is -2.12. The fraction of sp³-hybridized carbons (Fsp3) is 0.0769. The van der Waals surface area contributed by atoms with Crippen LogP contribution in [0.4, 0.5) is 9.18 Å². The monoisotopic (exact) mass is 520 g/mol. The molecule has 3 aromatic carbocycles. The molecule has 0 atom stereocenters. The lowest BCUT2D eigenvalue weighted by Crippen LogP contribution is -2.27. The van der Waals surface area contributed by atoms with Crippen molar-refractivity contribution in [3.05, 3.63) is 111 Å². The molecule has 1 saturated heterocycles. The van der Waals surface area contributed by atoms with Gasteiger partial charge in [0.1, 0.15) is 5.82 Å². The highest BCUT2D eigenvalue weighted by molar-refractivity contribution is 9.10. The van der Waals surface area contributed by atoms with Crippen LogP contribution in [-0.4, -0.2) is 20.6 Å². The lowest BCUT2D eigenvalue weighted by molar-refractivity contribution is -0.123. The molecule has 0 radical (unpaired) electrons. The smallest absolute Gasteiger partial charge is 0.293 e. The maximum Gasteiger partial charge on any atom is 0.293 e. The van der Waals surface area contributed by atoms with E-state index in [1.807, 2.05) is 65.4 Å². The van der Waals surface area contributed by atoms with E-state index < -0.39 is 0 Å². The van der Waals surface area contributed by atoms with Crippen molar-refractivity contribution in [2.75, 3.05) is 0 Å². The van der Waals surface area contributed by atoms with E-state index in [4.69, 9.17) is 0 Å². The normalized spacial score (nSPS) is 15.2. The molecule has 0 saturated carbocycles. The molecule has 2 heterocycles. The number of para-hydroxylation sites is 1. The Kier molecular flexibility index (Phi) is 5.91. The summed E-state index contributed by atoms with van der Waals surface area (Å²) in [4.78, 5) is 27.2. The molecule has 7 heteroatoms. The van der Waals surface area contributed by atoms with Crippen molar-refractivity contribution < 1.29 is 14.0 Å². The van der Waals surface area contributed by atoms with Gasteiger partial charge in [-0.2, -0.15) is 0 Å². The van der Waals surface area contributed by atoms with E-state index in [1.54, 1.807) is 18.2 Å². The topological polar surface area (TPSA) is 42.3 Å². The average molecular weight is 521 g/mol. The molecule has 0 aliphatic carbocycles. The van der Waals surface area contributed by atoms with Crippen molar-refractivity contribution in [2.24, 2.45) is 0 Å². The van der Waals surface area contributed by atoms with Gasteiger partial charge in [-0.05, 0) is 47.7 Å². The molecular formula is C26H18BrFN2O2S. The van der Waals surface area contributed by atoms with Crippen molar-refractivity contribution in [2.45, 2.75) is 13.1 Å². The molecule has 0 bridgehead atoms. The Morgan fingerprint density at radius 3 is 2.42 bits per heavy atom. The van der Waals surface area contributed by atoms with Crippen LogP contribution in [0.2, 0.25) is 0 Å². The van der Waals surface area contributed by atoms with Crippen molar-refractivity contribution >= 4 is 55.8 Å². The summed E-state index contributed by atoms with van der Waals surface area (Å²) in [6.07, 6.45) is 3.66. The van der Waals surface area contributed by atoms with Crippen LogP contribution in [0.15, 0.2) is 88.4 Å². The maximum atomic E-state index is 14.2. The van der Waals surface area contributed by atoms with Gasteiger partial charge in [-0.25, -0.2) is 4.39 Å². The van der Waals surface area contributed by atoms with Crippen LogP contribution in [0.25, 0.3) is 17.0 Å². The third kappa shape index (κ3) is 4.38. The molecule has 1 aliphatic heterocycles. The Hall–Kier alpha value is -3.16. The van der Waals surface area contributed by atoms with Crippen molar-refractivity contribution in [1.82, 2.24) is 9.47 Å². The SMILES string of the molecule is O=C1S/C(=C/c2cn(Cc3ccccc3F)c3ccccc23)C(=O)N1Cc1ccc(Br)cc1. The van der Waals surface area contributed by atoms with E-state index in [-0.39, 0.29) is 23.5 Å². The molecule has 0 N–H and O–H groups in total. The number of benzene rings is 3. The summed E-state index contributed by atoms with van der Waals surface area (Å²) in [7, 11) is 0. The zero-order valence-electron chi connectivity index (χ0n) is 17.4. The number of amides is 2. The molecule has 33 heavy (non-hydrogen) atoms. The molecule has 1 fully saturated rings. The summed E-state index contributed by atoms with van der Waals surface area (Å²) in [5.41, 5.74) is 3.21. The number of hydrogen-bond acceptors (Lipinski definition) is 3. The van der Waals surface area contributed by atoms with Gasteiger partial charge in [0, 0.05) is 32.7 Å². The average Bonchev–Trinajstić information content (AvgIpc) is 3.29. The van der Waals surface area contributed by atoms with E-state index >= 15 is 0 Å². The molecular weight excluding hydrogens is 503 g/mol. The Labute approximate surface area is 202 Å². The molecule has 5 rings (SSSR count). The summed E-state index contributed by atoms with van der Waals surface area (Å²) in [6.45, 7) is 0.594. The van der Waals surface area contributed by atoms with E-state index in [0.717, 1.165) is 38.3 Å². The summed E-state index contributed by atoms with van der Waals surface area (Å²) in [6, 6.07) is 22.0. The number of fused-ring (bicyclic) bond motifs is 1. The van der Waals surface area contributed by atoms with E-state index in [1.165, 1.54) is 11.0 Å². The van der Waals surface area contributed by atoms with Gasteiger partial charge in [0.25, 0.3) is 11.1 Å². The van der Waals surface area contributed by atoms with Crippen LogP contribution in [-0.2, 0) is 17.9 Å². The number of halogens is 2. The molecule has 4 nitrogen and oxygen atoms in total. The second-order valence-corrected chi connectivity index (χ2v) is 9.62. The molecule has 1 aliphatic rings. The molecule has 0 spiro atoms. The highest BCUT2D eigenvalue weighted by Gasteiger charge is 2.35. The van der Waals surface area contributed by atoms with Crippen LogP contribution in [0.3, 0.4) is 0 Å². The van der Waals surface area contributed by atoms with E-state index in [9.17, 15) is 14.0 Å². The zero-order valence-corrected chi connectivity index (χ0v) is 19.8. The number of thioether (sulfide) groups is 1. The van der Waals surface area contributed by atoms with Gasteiger partial charge in [0.2, 0.25) is 0 Å². The number of aromatic nitrogens is 1. The minimum absolute atomic E-state index is 0.227. The van der Waals surface area contributed by atoms with Gasteiger partial charge in [0.05, 0.1) is 18.0 Å². The highest BCUT2D eigenvalue weighted by atomic mass is 79.9. The van der Waals surface area contributed by atoms with Gasteiger partial charge in [0.15, 0.2) is 0 Å². The summed E-state index contributed by atoms with van der Waals surface area (Å²) >= 11 is 4.33. The van der Waals surface area contributed by atoms with E-state index in [2.05, 4.69) is 15.9 Å².